The molecule has 0 aromatic heterocycles. The summed E-state index contributed by atoms with van der Waals surface area (Å²) in [5.41, 5.74) is 0.190. The van der Waals surface area contributed by atoms with Crippen molar-refractivity contribution < 1.29 is 14.7 Å². The molecule has 0 saturated heterocycles. The first kappa shape index (κ1) is 16.0. The van der Waals surface area contributed by atoms with Gasteiger partial charge >= 0.3 is 5.97 Å². The van der Waals surface area contributed by atoms with Crippen molar-refractivity contribution in [2.45, 2.75) is 65.8 Å². The lowest BCUT2D eigenvalue weighted by molar-refractivity contribution is -0.144. The number of rotatable bonds is 5. The molecule has 0 bridgehead atoms. The first-order valence-electron chi connectivity index (χ1n) is 7.30. The van der Waals surface area contributed by atoms with Crippen molar-refractivity contribution in [3.8, 4) is 0 Å². The second kappa shape index (κ2) is 6.40. The summed E-state index contributed by atoms with van der Waals surface area (Å²) >= 11 is 0. The van der Waals surface area contributed by atoms with Gasteiger partial charge in [-0.2, -0.15) is 0 Å². The molecule has 110 valence electrons. The summed E-state index contributed by atoms with van der Waals surface area (Å²) in [4.78, 5) is 23.5. The molecule has 1 unspecified atom stereocenters. The van der Waals surface area contributed by atoms with E-state index in [1.165, 1.54) is 0 Å². The predicted molar refractivity (Wildman–Crippen MR) is 74.8 cm³/mol. The van der Waals surface area contributed by atoms with E-state index in [0.29, 0.717) is 0 Å². The molecule has 3 atom stereocenters. The fourth-order valence-electron chi connectivity index (χ4n) is 2.88. The van der Waals surface area contributed by atoms with Gasteiger partial charge in [0.15, 0.2) is 0 Å². The number of nitrogens with one attached hydrogen (secondary N) is 1. The quantitative estimate of drug-likeness (QED) is 0.806. The van der Waals surface area contributed by atoms with Crippen molar-refractivity contribution in [3.63, 3.8) is 0 Å². The minimum absolute atomic E-state index is 0.0327. The second-order valence-corrected chi connectivity index (χ2v) is 6.67. The van der Waals surface area contributed by atoms with Crippen LogP contribution >= 0.6 is 0 Å². The van der Waals surface area contributed by atoms with Gasteiger partial charge in [0.1, 0.15) is 6.04 Å². The third-order valence-corrected chi connectivity index (χ3v) is 4.35. The smallest absolute Gasteiger partial charge is 0.326 e. The van der Waals surface area contributed by atoms with Crippen LogP contribution in [0.25, 0.3) is 0 Å². The van der Waals surface area contributed by atoms with E-state index in [-0.39, 0.29) is 23.2 Å². The number of carboxylic acids is 1. The van der Waals surface area contributed by atoms with Crippen LogP contribution < -0.4 is 5.32 Å². The Hall–Kier alpha value is -1.06. The van der Waals surface area contributed by atoms with Gasteiger partial charge in [-0.25, -0.2) is 4.79 Å². The second-order valence-electron chi connectivity index (χ2n) is 6.67. The van der Waals surface area contributed by atoms with Crippen molar-refractivity contribution in [3.05, 3.63) is 0 Å². The Morgan fingerprint density at radius 1 is 1.42 bits per heavy atom. The van der Waals surface area contributed by atoms with Gasteiger partial charge in [-0.1, -0.05) is 40.5 Å². The van der Waals surface area contributed by atoms with Crippen molar-refractivity contribution >= 4 is 11.9 Å². The number of hydrogen-bond donors (Lipinski definition) is 2. The summed E-state index contributed by atoms with van der Waals surface area (Å²) in [6.45, 7) is 8.16. The van der Waals surface area contributed by atoms with Gasteiger partial charge in [-0.05, 0) is 30.6 Å². The highest BCUT2D eigenvalue weighted by molar-refractivity contribution is 5.85. The van der Waals surface area contributed by atoms with Gasteiger partial charge in [0.05, 0.1) is 0 Å². The summed E-state index contributed by atoms with van der Waals surface area (Å²) in [6, 6.07) is -0.762. The van der Waals surface area contributed by atoms with Crippen molar-refractivity contribution in [1.82, 2.24) is 5.32 Å². The maximum Gasteiger partial charge on any atom is 0.326 e. The van der Waals surface area contributed by atoms with Gasteiger partial charge in [0.2, 0.25) is 5.91 Å². The highest BCUT2D eigenvalue weighted by atomic mass is 16.4. The molecule has 1 aliphatic carbocycles. The van der Waals surface area contributed by atoms with Crippen LogP contribution in [0, 0.1) is 17.3 Å². The highest BCUT2D eigenvalue weighted by Crippen LogP contribution is 2.38. The molecule has 1 amide bonds. The molecule has 4 nitrogen and oxygen atoms in total. The minimum atomic E-state index is -0.933. The number of carbonyl (C=O) groups excluding carboxylic acids is 1. The molecule has 1 saturated carbocycles. The van der Waals surface area contributed by atoms with Crippen LogP contribution in [-0.4, -0.2) is 23.0 Å². The summed E-state index contributed by atoms with van der Waals surface area (Å²) < 4.78 is 0. The molecule has 0 heterocycles. The van der Waals surface area contributed by atoms with Crippen molar-refractivity contribution in [1.29, 1.82) is 0 Å². The van der Waals surface area contributed by atoms with Crippen LogP contribution in [-0.2, 0) is 9.59 Å². The Balaban J connectivity index is 2.64. The molecular weight excluding hydrogens is 242 g/mol. The molecule has 1 fully saturated rings. The van der Waals surface area contributed by atoms with Gasteiger partial charge in [0.25, 0.3) is 0 Å². The lowest BCUT2D eigenvalue weighted by Crippen LogP contribution is -2.48. The Morgan fingerprint density at radius 3 is 2.53 bits per heavy atom. The van der Waals surface area contributed by atoms with Gasteiger partial charge in [-0.3, -0.25) is 4.79 Å². The Kier molecular flexibility index (Phi) is 5.39. The maximum absolute atomic E-state index is 12.2. The lowest BCUT2D eigenvalue weighted by Gasteiger charge is -2.35. The molecule has 19 heavy (non-hydrogen) atoms. The Morgan fingerprint density at radius 2 is 2.05 bits per heavy atom. The molecule has 0 aliphatic heterocycles. The summed E-state index contributed by atoms with van der Waals surface area (Å²) in [7, 11) is 0. The lowest BCUT2D eigenvalue weighted by atomic mass is 9.72. The monoisotopic (exact) mass is 269 g/mol. The normalized spacial score (nSPS) is 25.4. The van der Waals surface area contributed by atoms with Crippen LogP contribution in [0.15, 0.2) is 0 Å². The predicted octanol–water partition coefficient (Wildman–Crippen LogP) is 2.82. The van der Waals surface area contributed by atoms with Gasteiger partial charge < -0.3 is 10.4 Å². The zero-order valence-corrected chi connectivity index (χ0v) is 12.5. The van der Waals surface area contributed by atoms with E-state index in [2.05, 4.69) is 19.2 Å². The maximum atomic E-state index is 12.2. The highest BCUT2D eigenvalue weighted by Gasteiger charge is 2.34. The molecular formula is C15H27NO3. The fourth-order valence-corrected chi connectivity index (χ4v) is 2.88. The number of amides is 1. The molecule has 4 heteroatoms. The van der Waals surface area contributed by atoms with Crippen LogP contribution in [0.1, 0.15) is 59.8 Å². The number of carboxylic acid groups (broad SMARTS) is 1. The number of carbonyl (C=O) groups is 2. The zero-order valence-electron chi connectivity index (χ0n) is 12.5. The third kappa shape index (κ3) is 4.51. The van der Waals surface area contributed by atoms with E-state index >= 15 is 0 Å². The van der Waals surface area contributed by atoms with E-state index in [0.717, 1.165) is 32.1 Å². The zero-order chi connectivity index (χ0) is 14.6. The fraction of sp³-hybridized carbons (Fsp3) is 0.867. The summed E-state index contributed by atoms with van der Waals surface area (Å²) in [5.74, 6) is -1.09. The molecule has 1 aliphatic rings. The average molecular weight is 269 g/mol. The van der Waals surface area contributed by atoms with E-state index in [4.69, 9.17) is 0 Å². The molecule has 0 spiro atoms. The third-order valence-electron chi connectivity index (χ3n) is 4.35. The first-order valence-corrected chi connectivity index (χ1v) is 7.30. The van der Waals surface area contributed by atoms with Gasteiger partial charge in [0, 0.05) is 5.92 Å². The van der Waals surface area contributed by atoms with Crippen LogP contribution in [0.4, 0.5) is 0 Å². The van der Waals surface area contributed by atoms with E-state index in [1.54, 1.807) is 0 Å². The first-order chi connectivity index (χ1) is 8.76. The standard InChI is InChI=1S/C15H27NO3/c1-5-10(2)12(14(18)19)16-13(17)11-7-6-8-15(3,4)9-11/h10-12H,5-9H2,1-4H3,(H,16,17)(H,18,19)/t10-,11?,12-/m0/s1. The van der Waals surface area contributed by atoms with E-state index < -0.39 is 12.0 Å². The Labute approximate surface area is 116 Å². The molecule has 0 aromatic rings. The average Bonchev–Trinajstić information content (AvgIpc) is 2.33. The van der Waals surface area contributed by atoms with E-state index in [9.17, 15) is 14.7 Å². The summed E-state index contributed by atoms with van der Waals surface area (Å²) in [5, 5.41) is 11.9. The molecule has 2 N–H and O–H groups in total. The number of hydrogen-bond acceptors (Lipinski definition) is 2. The van der Waals surface area contributed by atoms with Crippen molar-refractivity contribution in [2.75, 3.05) is 0 Å². The molecule has 0 aromatic carbocycles. The van der Waals surface area contributed by atoms with E-state index in [1.807, 2.05) is 13.8 Å². The molecule has 1 rings (SSSR count). The van der Waals surface area contributed by atoms with Crippen LogP contribution in [0.5, 0.6) is 0 Å². The van der Waals surface area contributed by atoms with Crippen LogP contribution in [0.2, 0.25) is 0 Å². The topological polar surface area (TPSA) is 66.4 Å². The Bertz CT molecular complexity index is 338. The SMILES string of the molecule is CC[C@H](C)[C@H](NC(=O)C1CCCC(C)(C)C1)C(=O)O. The number of aliphatic carboxylic acids is 1. The minimum Gasteiger partial charge on any atom is -0.480 e. The van der Waals surface area contributed by atoms with Gasteiger partial charge in [-0.15, -0.1) is 0 Å². The van der Waals surface area contributed by atoms with Crippen molar-refractivity contribution in [2.24, 2.45) is 17.3 Å². The largest absolute Gasteiger partial charge is 0.480 e. The summed E-state index contributed by atoms with van der Waals surface area (Å²) in [6.07, 6.45) is 4.66. The van der Waals surface area contributed by atoms with Crippen LogP contribution in [0.3, 0.4) is 0 Å². The molecule has 0 radical (unpaired) electrons.